The highest BCUT2D eigenvalue weighted by Crippen LogP contribution is 2.72. The van der Waals surface area contributed by atoms with Crippen LogP contribution in [-0.2, 0) is 10.8 Å². The minimum Gasteiger partial charge on any atom is -0.310 e. The maximum absolute atomic E-state index is 4.89. The number of nitrogens with zero attached hydrogens (tertiary/aromatic N) is 5. The van der Waals surface area contributed by atoms with Crippen molar-refractivity contribution >= 4 is 77.6 Å². The molecule has 15 aromatic rings. The molecular formula is C99H79N5. The van der Waals surface area contributed by atoms with E-state index in [9.17, 15) is 0 Å². The summed E-state index contributed by atoms with van der Waals surface area (Å²) in [4.78, 5) is 19.5. The van der Waals surface area contributed by atoms with Crippen molar-refractivity contribution in [2.45, 2.75) is 75.0 Å². The molecule has 500 valence electrons. The van der Waals surface area contributed by atoms with Crippen molar-refractivity contribution in [1.29, 1.82) is 0 Å². The quantitative estimate of drug-likeness (QED) is 0.135. The van der Waals surface area contributed by atoms with Crippen molar-refractivity contribution in [3.63, 3.8) is 0 Å². The third-order valence-electron chi connectivity index (χ3n) is 26.8. The Morgan fingerprint density at radius 1 is 0.260 bits per heavy atom. The van der Waals surface area contributed by atoms with E-state index >= 15 is 0 Å². The number of hydrogen-bond donors (Lipinski definition) is 0. The molecule has 5 nitrogen and oxygen atoms in total. The zero-order valence-electron chi connectivity index (χ0n) is 58.4. The van der Waals surface area contributed by atoms with Crippen molar-refractivity contribution in [3.8, 4) is 55.6 Å². The monoisotopic (exact) mass is 1340 g/mol. The SMILES string of the molecule is c1ccc(-c2ccc(N(c3ccc4c(c3)-c3ccccc3C43C4CC5CC(C4)CC3C5)c3cc4cccnc4c4ncccc34)cc2)cc1.c1ccc(-c2ccc(N(c3cccc4c3C3(c5ccccc5-4)C4CC5CC(C4)CC3C5)c3ccc(-c4ccnc5ccccc45)c4ccccc34)cc2)cc1. The first kappa shape index (κ1) is 60.3. The van der Waals surface area contributed by atoms with Crippen molar-refractivity contribution in [1.82, 2.24) is 15.0 Å². The van der Waals surface area contributed by atoms with Gasteiger partial charge in [-0.3, -0.25) is 15.0 Å². The molecule has 5 heteroatoms. The van der Waals surface area contributed by atoms with Crippen LogP contribution in [0.3, 0.4) is 0 Å². The second-order valence-corrected chi connectivity index (χ2v) is 31.8. The molecule has 10 aliphatic rings. The van der Waals surface area contributed by atoms with Crippen LogP contribution in [0.15, 0.2) is 310 Å². The lowest BCUT2D eigenvalue weighted by atomic mass is 9.43. The van der Waals surface area contributed by atoms with Crippen LogP contribution >= 0.6 is 0 Å². The number of rotatable bonds is 9. The molecule has 3 heterocycles. The molecular weight excluding hydrogens is 1260 g/mol. The Morgan fingerprint density at radius 3 is 1.41 bits per heavy atom. The molecule has 8 saturated carbocycles. The summed E-state index contributed by atoms with van der Waals surface area (Å²) < 4.78 is 0. The molecule has 0 radical (unpaired) electrons. The van der Waals surface area contributed by atoms with Gasteiger partial charge >= 0.3 is 0 Å². The molecule has 12 aromatic carbocycles. The van der Waals surface area contributed by atoms with Crippen LogP contribution < -0.4 is 9.80 Å². The molecule has 3 aromatic heterocycles. The van der Waals surface area contributed by atoms with Gasteiger partial charge in [0.25, 0.3) is 0 Å². The maximum atomic E-state index is 4.89. The van der Waals surface area contributed by atoms with Crippen molar-refractivity contribution in [3.05, 3.63) is 332 Å². The normalized spacial score (nSPS) is 23.7. The third-order valence-corrected chi connectivity index (χ3v) is 26.8. The first-order chi connectivity index (χ1) is 51.5. The van der Waals surface area contributed by atoms with Crippen LogP contribution in [0.2, 0.25) is 0 Å². The van der Waals surface area contributed by atoms with Crippen LogP contribution in [-0.4, -0.2) is 15.0 Å². The number of para-hydroxylation sites is 1. The van der Waals surface area contributed by atoms with Crippen molar-refractivity contribution in [2.24, 2.45) is 47.3 Å². The summed E-state index contributed by atoms with van der Waals surface area (Å²) in [5.74, 6) is 6.49. The molecule has 8 bridgehead atoms. The summed E-state index contributed by atoms with van der Waals surface area (Å²) >= 11 is 0. The Kier molecular flexibility index (Phi) is 13.7. The van der Waals surface area contributed by atoms with Gasteiger partial charge in [0.15, 0.2) is 0 Å². The van der Waals surface area contributed by atoms with Gasteiger partial charge in [0.2, 0.25) is 0 Å². The number of fused-ring (bicyclic) bond motifs is 11. The van der Waals surface area contributed by atoms with Gasteiger partial charge in [-0.2, -0.15) is 0 Å². The van der Waals surface area contributed by atoms with E-state index in [0.29, 0.717) is 11.8 Å². The topological polar surface area (TPSA) is 45.2 Å². The number of hydrogen-bond acceptors (Lipinski definition) is 5. The van der Waals surface area contributed by atoms with E-state index < -0.39 is 0 Å². The molecule has 0 unspecified atom stereocenters. The highest BCUT2D eigenvalue weighted by atomic mass is 15.2. The van der Waals surface area contributed by atoms with Gasteiger partial charge in [0.1, 0.15) is 0 Å². The van der Waals surface area contributed by atoms with Crippen molar-refractivity contribution in [2.75, 3.05) is 9.80 Å². The van der Waals surface area contributed by atoms with Gasteiger partial charge in [-0.25, -0.2) is 0 Å². The Morgan fingerprint density at radius 2 is 0.750 bits per heavy atom. The fourth-order valence-corrected chi connectivity index (χ4v) is 23.3. The van der Waals surface area contributed by atoms with E-state index in [0.717, 1.165) is 74.2 Å². The molecule has 0 amide bonds. The molecule has 8 fully saturated rings. The Balaban J connectivity index is 0.000000132. The second-order valence-electron chi connectivity index (χ2n) is 31.8. The van der Waals surface area contributed by atoms with E-state index in [2.05, 4.69) is 289 Å². The zero-order chi connectivity index (χ0) is 68.2. The largest absolute Gasteiger partial charge is 0.310 e. The zero-order valence-corrected chi connectivity index (χ0v) is 58.4. The Bertz CT molecular complexity index is 5860. The smallest absolute Gasteiger partial charge is 0.0985 e. The lowest BCUT2D eigenvalue weighted by molar-refractivity contribution is -0.0399. The minimum atomic E-state index is 0.0316. The van der Waals surface area contributed by atoms with Crippen LogP contribution in [0, 0.1) is 47.3 Å². The highest BCUT2D eigenvalue weighted by molar-refractivity contribution is 6.13. The lowest BCUT2D eigenvalue weighted by Gasteiger charge is -2.61. The van der Waals surface area contributed by atoms with Crippen molar-refractivity contribution < 1.29 is 0 Å². The average molecular weight is 1340 g/mol. The van der Waals surface area contributed by atoms with Gasteiger partial charge < -0.3 is 9.80 Å². The van der Waals surface area contributed by atoms with Crippen LogP contribution in [0.4, 0.5) is 34.1 Å². The first-order valence-corrected chi connectivity index (χ1v) is 38.4. The summed E-state index contributed by atoms with van der Waals surface area (Å²) in [6, 6.07) is 109. The van der Waals surface area contributed by atoms with E-state index in [-0.39, 0.29) is 10.8 Å². The molecule has 0 aliphatic heterocycles. The fraction of sp³-hybridized carbons (Fsp3) is 0.202. The molecule has 0 N–H and O–H groups in total. The number of anilines is 6. The van der Waals surface area contributed by atoms with E-state index in [4.69, 9.17) is 15.0 Å². The van der Waals surface area contributed by atoms with E-state index in [1.807, 2.05) is 30.7 Å². The van der Waals surface area contributed by atoms with Gasteiger partial charge in [0, 0.05) is 68.0 Å². The second kappa shape index (κ2) is 23.6. The predicted octanol–water partition coefficient (Wildman–Crippen LogP) is 25.6. The van der Waals surface area contributed by atoms with E-state index in [1.165, 1.54) is 159 Å². The Hall–Kier alpha value is -11.3. The minimum absolute atomic E-state index is 0.0316. The number of aromatic nitrogens is 3. The van der Waals surface area contributed by atoms with Gasteiger partial charge in [-0.15, -0.1) is 0 Å². The molecule has 0 atom stereocenters. The number of benzene rings is 12. The van der Waals surface area contributed by atoms with Gasteiger partial charge in [-0.1, -0.05) is 206 Å². The summed E-state index contributed by atoms with van der Waals surface area (Å²) in [5, 5.41) is 5.87. The maximum Gasteiger partial charge on any atom is 0.0985 e. The molecule has 2 spiro atoms. The fourth-order valence-electron chi connectivity index (χ4n) is 23.3. The molecule has 10 aliphatic carbocycles. The van der Waals surface area contributed by atoms with Crippen LogP contribution in [0.25, 0.3) is 99.1 Å². The standard InChI is InChI=1S/C53H42N2.C46H37N3/c1-2-11-36(12-3-1)37-21-23-40(24-22-37)55(50-26-25-42(41-13-4-5-16-46(41)50)43-27-28-54-49-19-9-7-15-45(43)49)51-20-10-17-47-44-14-6-8-18-48(44)53(52(47)51)38-30-34-29-35(32-38)33-39(53)31-34;1-2-8-31(9-3-1)32-14-16-36(17-15-32)49(43-27-33-10-6-20-47-44(33)45-39(43)12-7-21-48-45)37-18-19-42-40(28-37)38-11-4-5-13-41(38)46(42)34-23-29-22-30(25-34)26-35(46)24-29/h1-28,34-35,38-39H,29-33H2;1-21,27-30,34-35H,22-26H2. The molecule has 25 rings (SSSR count). The summed E-state index contributed by atoms with van der Waals surface area (Å²) in [7, 11) is 0. The highest BCUT2D eigenvalue weighted by Gasteiger charge is 2.64. The number of pyridine rings is 3. The van der Waals surface area contributed by atoms with E-state index in [1.54, 1.807) is 22.3 Å². The Labute approximate surface area is 608 Å². The molecule has 0 saturated heterocycles. The summed E-state index contributed by atoms with van der Waals surface area (Å²) in [6.45, 7) is 0. The average Bonchev–Trinajstić information content (AvgIpc) is 1.48. The third kappa shape index (κ3) is 9.01. The van der Waals surface area contributed by atoms with Crippen LogP contribution in [0.1, 0.15) is 86.5 Å². The lowest BCUT2D eigenvalue weighted by Crippen LogP contribution is -2.55. The predicted molar refractivity (Wildman–Crippen MR) is 428 cm³/mol. The summed E-state index contributed by atoms with van der Waals surface area (Å²) in [5.41, 5.74) is 29.7. The summed E-state index contributed by atoms with van der Waals surface area (Å²) in [6.07, 6.45) is 19.6. The van der Waals surface area contributed by atoms with Crippen LogP contribution in [0.5, 0.6) is 0 Å². The van der Waals surface area contributed by atoms with Gasteiger partial charge in [-0.05, 0) is 280 Å². The molecule has 104 heavy (non-hydrogen) atoms. The van der Waals surface area contributed by atoms with Gasteiger partial charge in [0.05, 0.1) is 33.6 Å². The first-order valence-electron chi connectivity index (χ1n) is 38.4.